The van der Waals surface area contributed by atoms with Crippen LogP contribution in [0.15, 0.2) is 0 Å². The molecule has 1 aliphatic heterocycles. The van der Waals surface area contributed by atoms with Gasteiger partial charge in [0.05, 0.1) is 6.04 Å². The van der Waals surface area contributed by atoms with E-state index in [-0.39, 0.29) is 6.04 Å². The third-order valence-electron chi connectivity index (χ3n) is 3.43. The number of nitrogens with zero attached hydrogens (tertiary/aromatic N) is 1. The van der Waals surface area contributed by atoms with Gasteiger partial charge < -0.3 is 15.5 Å². The van der Waals surface area contributed by atoms with Crippen molar-refractivity contribution in [3.8, 4) is 0 Å². The summed E-state index contributed by atoms with van der Waals surface area (Å²) in [5.41, 5.74) is 0. The summed E-state index contributed by atoms with van der Waals surface area (Å²) in [5, 5.41) is 5.02. The SMILES string of the molecule is CC(NC1CCN(C)CC1C)C(=O)NCC(F)(F)F. The number of hydrogen-bond acceptors (Lipinski definition) is 3. The lowest BCUT2D eigenvalue weighted by Gasteiger charge is -2.36. The summed E-state index contributed by atoms with van der Waals surface area (Å²) in [7, 11) is 2.03. The molecule has 7 heteroatoms. The van der Waals surface area contributed by atoms with E-state index in [2.05, 4.69) is 17.1 Å². The predicted octanol–water partition coefficient (Wildman–Crippen LogP) is 0.983. The predicted molar refractivity (Wildman–Crippen MR) is 66.7 cm³/mol. The van der Waals surface area contributed by atoms with Gasteiger partial charge in [0.25, 0.3) is 0 Å². The maximum Gasteiger partial charge on any atom is 0.405 e. The summed E-state index contributed by atoms with van der Waals surface area (Å²) in [6.07, 6.45) is -3.47. The van der Waals surface area contributed by atoms with Crippen LogP contribution in [0, 0.1) is 5.92 Å². The lowest BCUT2D eigenvalue weighted by atomic mass is 9.93. The van der Waals surface area contributed by atoms with E-state index in [4.69, 9.17) is 0 Å². The molecule has 1 heterocycles. The van der Waals surface area contributed by atoms with Gasteiger partial charge in [-0.15, -0.1) is 0 Å². The molecule has 0 aromatic heterocycles. The van der Waals surface area contributed by atoms with Gasteiger partial charge in [-0.3, -0.25) is 4.79 Å². The Morgan fingerprint density at radius 2 is 2.11 bits per heavy atom. The summed E-state index contributed by atoms with van der Waals surface area (Å²) in [6.45, 7) is 4.25. The standard InChI is InChI=1S/C12H22F3N3O/c1-8-6-18(3)5-4-10(8)17-9(2)11(19)16-7-12(13,14)15/h8-10,17H,4-7H2,1-3H3,(H,16,19). The minimum absolute atomic E-state index is 0.169. The fraction of sp³-hybridized carbons (Fsp3) is 0.917. The molecule has 0 aliphatic carbocycles. The van der Waals surface area contributed by atoms with Crippen molar-refractivity contribution in [2.75, 3.05) is 26.7 Å². The summed E-state index contributed by atoms with van der Waals surface area (Å²) in [4.78, 5) is 13.8. The number of piperidine rings is 1. The summed E-state index contributed by atoms with van der Waals surface area (Å²) in [6, 6.07) is -0.443. The van der Waals surface area contributed by atoms with E-state index in [0.717, 1.165) is 19.5 Å². The van der Waals surface area contributed by atoms with Crippen LogP contribution in [0.5, 0.6) is 0 Å². The minimum atomic E-state index is -4.36. The monoisotopic (exact) mass is 281 g/mol. The maximum atomic E-state index is 12.0. The number of carbonyl (C=O) groups is 1. The quantitative estimate of drug-likeness (QED) is 0.807. The molecular weight excluding hydrogens is 259 g/mol. The van der Waals surface area contributed by atoms with Crippen LogP contribution in [0.3, 0.4) is 0 Å². The van der Waals surface area contributed by atoms with Gasteiger partial charge in [-0.25, -0.2) is 0 Å². The summed E-state index contributed by atoms with van der Waals surface area (Å²) in [5.74, 6) is -0.236. The van der Waals surface area contributed by atoms with Crippen molar-refractivity contribution in [2.24, 2.45) is 5.92 Å². The Balaban J connectivity index is 2.37. The van der Waals surface area contributed by atoms with E-state index in [0.29, 0.717) is 5.92 Å². The van der Waals surface area contributed by atoms with Gasteiger partial charge in [-0.2, -0.15) is 13.2 Å². The molecular formula is C12H22F3N3O. The molecule has 3 atom stereocenters. The van der Waals surface area contributed by atoms with Crippen LogP contribution < -0.4 is 10.6 Å². The van der Waals surface area contributed by atoms with Crippen molar-refractivity contribution >= 4 is 5.91 Å². The fourth-order valence-electron chi connectivity index (χ4n) is 2.34. The highest BCUT2D eigenvalue weighted by atomic mass is 19.4. The molecule has 0 saturated carbocycles. The first-order chi connectivity index (χ1) is 8.69. The van der Waals surface area contributed by atoms with Crippen LogP contribution in [0.4, 0.5) is 13.2 Å². The normalized spacial score (nSPS) is 27.1. The topological polar surface area (TPSA) is 44.4 Å². The van der Waals surface area contributed by atoms with Gasteiger partial charge in [0.15, 0.2) is 0 Å². The molecule has 0 aromatic rings. The van der Waals surface area contributed by atoms with Crippen molar-refractivity contribution in [2.45, 2.75) is 38.5 Å². The first kappa shape index (κ1) is 16.2. The number of halogens is 3. The molecule has 1 amide bonds. The summed E-state index contributed by atoms with van der Waals surface area (Å²) >= 11 is 0. The lowest BCUT2D eigenvalue weighted by Crippen LogP contribution is -2.54. The average molecular weight is 281 g/mol. The molecule has 1 rings (SSSR count). The minimum Gasteiger partial charge on any atom is -0.346 e. The van der Waals surface area contributed by atoms with Crippen LogP contribution in [-0.2, 0) is 4.79 Å². The lowest BCUT2D eigenvalue weighted by molar-refractivity contribution is -0.139. The zero-order valence-electron chi connectivity index (χ0n) is 11.5. The van der Waals surface area contributed by atoms with Gasteiger partial charge in [-0.05, 0) is 32.9 Å². The number of carbonyl (C=O) groups excluding carboxylic acids is 1. The molecule has 0 radical (unpaired) electrons. The van der Waals surface area contributed by atoms with Crippen LogP contribution in [-0.4, -0.2) is 55.7 Å². The second-order valence-electron chi connectivity index (χ2n) is 5.36. The molecule has 19 heavy (non-hydrogen) atoms. The van der Waals surface area contributed by atoms with Crippen LogP contribution in [0.1, 0.15) is 20.3 Å². The van der Waals surface area contributed by atoms with E-state index in [1.807, 2.05) is 12.4 Å². The molecule has 0 aromatic carbocycles. The highest BCUT2D eigenvalue weighted by Crippen LogP contribution is 2.16. The van der Waals surface area contributed by atoms with Crippen molar-refractivity contribution in [3.63, 3.8) is 0 Å². The van der Waals surface area contributed by atoms with E-state index in [1.54, 1.807) is 6.92 Å². The molecule has 112 valence electrons. The first-order valence-corrected chi connectivity index (χ1v) is 6.48. The molecule has 1 fully saturated rings. The highest BCUT2D eigenvalue weighted by Gasteiger charge is 2.30. The number of amides is 1. The summed E-state index contributed by atoms with van der Waals surface area (Å²) < 4.78 is 36.0. The van der Waals surface area contributed by atoms with Crippen molar-refractivity contribution in [3.05, 3.63) is 0 Å². The Bertz CT molecular complexity index is 309. The van der Waals surface area contributed by atoms with Crippen molar-refractivity contribution in [1.29, 1.82) is 0 Å². The van der Waals surface area contributed by atoms with Crippen LogP contribution >= 0.6 is 0 Å². The average Bonchev–Trinajstić information content (AvgIpc) is 2.28. The van der Waals surface area contributed by atoms with Gasteiger partial charge in [0.2, 0.25) is 5.91 Å². The van der Waals surface area contributed by atoms with E-state index in [9.17, 15) is 18.0 Å². The maximum absolute atomic E-state index is 12.0. The number of nitrogens with one attached hydrogen (secondary N) is 2. The van der Waals surface area contributed by atoms with Gasteiger partial charge in [0, 0.05) is 12.6 Å². The Morgan fingerprint density at radius 3 is 2.63 bits per heavy atom. The smallest absolute Gasteiger partial charge is 0.346 e. The third-order valence-corrected chi connectivity index (χ3v) is 3.43. The Morgan fingerprint density at radius 1 is 1.47 bits per heavy atom. The second-order valence-corrected chi connectivity index (χ2v) is 5.36. The number of rotatable bonds is 4. The second kappa shape index (κ2) is 6.56. The Kier molecular flexibility index (Phi) is 5.61. The van der Waals surface area contributed by atoms with Gasteiger partial charge in [0.1, 0.15) is 6.54 Å². The first-order valence-electron chi connectivity index (χ1n) is 6.48. The van der Waals surface area contributed by atoms with E-state index >= 15 is 0 Å². The Hall–Kier alpha value is -0.820. The zero-order chi connectivity index (χ0) is 14.6. The molecule has 2 N–H and O–H groups in total. The molecule has 3 unspecified atom stereocenters. The molecule has 1 saturated heterocycles. The molecule has 0 spiro atoms. The molecule has 1 aliphatic rings. The van der Waals surface area contributed by atoms with Gasteiger partial charge in [-0.1, -0.05) is 6.92 Å². The van der Waals surface area contributed by atoms with Crippen LogP contribution in [0.2, 0.25) is 0 Å². The zero-order valence-corrected chi connectivity index (χ0v) is 11.5. The number of alkyl halides is 3. The van der Waals surface area contributed by atoms with E-state index < -0.39 is 24.7 Å². The van der Waals surface area contributed by atoms with Crippen molar-refractivity contribution < 1.29 is 18.0 Å². The van der Waals surface area contributed by atoms with Gasteiger partial charge >= 0.3 is 6.18 Å². The Labute approximate surface area is 111 Å². The van der Waals surface area contributed by atoms with Crippen LogP contribution in [0.25, 0.3) is 0 Å². The third kappa shape index (κ3) is 5.78. The number of hydrogen-bond donors (Lipinski definition) is 2. The highest BCUT2D eigenvalue weighted by molar-refractivity contribution is 5.81. The largest absolute Gasteiger partial charge is 0.405 e. The van der Waals surface area contributed by atoms with Crippen molar-refractivity contribution in [1.82, 2.24) is 15.5 Å². The fourth-order valence-corrected chi connectivity index (χ4v) is 2.34. The number of likely N-dealkylation sites (tertiary alicyclic amines) is 1. The molecule has 4 nitrogen and oxygen atoms in total. The van der Waals surface area contributed by atoms with E-state index in [1.165, 1.54) is 0 Å². The molecule has 0 bridgehead atoms.